The molecule has 0 fully saturated rings. The maximum atomic E-state index is 12.2. The molecule has 13 heavy (non-hydrogen) atoms. The van der Waals surface area contributed by atoms with E-state index in [1.54, 1.807) is 0 Å². The highest BCUT2D eigenvalue weighted by Gasteiger charge is 2.11. The largest absolute Gasteiger partial charge is 0.508 e. The molecule has 1 aromatic carbocycles. The van der Waals surface area contributed by atoms with Crippen LogP contribution < -0.4 is 0 Å². The Morgan fingerprint density at radius 3 is 2.46 bits per heavy atom. The molecule has 0 atom stereocenters. The predicted octanol–water partition coefficient (Wildman–Crippen LogP) is 2.53. The van der Waals surface area contributed by atoms with Crippen LogP contribution in [0.5, 0.6) is 5.75 Å². The molecule has 0 bridgehead atoms. The number of rotatable bonds is 2. The van der Waals surface area contributed by atoms with Gasteiger partial charge in [-0.25, -0.2) is 8.78 Å². The van der Waals surface area contributed by atoms with Crippen LogP contribution in [-0.2, 0) is 0 Å². The van der Waals surface area contributed by atoms with Crippen LogP contribution >= 0.6 is 0 Å². The van der Waals surface area contributed by atoms with E-state index in [0.717, 1.165) is 18.2 Å². The summed E-state index contributed by atoms with van der Waals surface area (Å²) in [5.41, 5.74) is -0.250. The number of Topliss-reactive ketones (excluding diaryl/α,β-unsaturated/α-hetero) is 1. The minimum absolute atomic E-state index is 0.0929. The lowest BCUT2D eigenvalue weighted by Crippen LogP contribution is -1.94. The van der Waals surface area contributed by atoms with E-state index < -0.39 is 6.43 Å². The van der Waals surface area contributed by atoms with Gasteiger partial charge in [0, 0.05) is 11.1 Å². The summed E-state index contributed by atoms with van der Waals surface area (Å²) in [5, 5.41) is 9.01. The number of alkyl halides is 2. The smallest absolute Gasteiger partial charge is 0.264 e. The number of phenols is 1. The summed E-state index contributed by atoms with van der Waals surface area (Å²) in [6.45, 7) is 1.25. The van der Waals surface area contributed by atoms with Gasteiger partial charge in [-0.3, -0.25) is 4.79 Å². The van der Waals surface area contributed by atoms with Crippen molar-refractivity contribution in [1.29, 1.82) is 0 Å². The van der Waals surface area contributed by atoms with Crippen molar-refractivity contribution in [3.05, 3.63) is 29.3 Å². The monoisotopic (exact) mass is 186 g/mol. The highest BCUT2D eigenvalue weighted by molar-refractivity contribution is 5.94. The Bertz CT molecular complexity index is 334. The number of hydrogen-bond donors (Lipinski definition) is 1. The second-order valence-corrected chi connectivity index (χ2v) is 2.67. The first-order valence-corrected chi connectivity index (χ1v) is 3.63. The summed E-state index contributed by atoms with van der Waals surface area (Å²) >= 11 is 0. The van der Waals surface area contributed by atoms with Gasteiger partial charge in [0.05, 0.1) is 0 Å². The number of phenolic OH excluding ortho intramolecular Hbond substituents is 1. The van der Waals surface area contributed by atoms with Crippen LogP contribution in [0.3, 0.4) is 0 Å². The van der Waals surface area contributed by atoms with Crippen LogP contribution in [0.15, 0.2) is 18.2 Å². The lowest BCUT2D eigenvalue weighted by Gasteiger charge is -2.03. The minimum Gasteiger partial charge on any atom is -0.508 e. The van der Waals surface area contributed by atoms with Gasteiger partial charge in [0.1, 0.15) is 5.75 Å². The van der Waals surface area contributed by atoms with Crippen molar-refractivity contribution in [2.75, 3.05) is 0 Å². The maximum Gasteiger partial charge on any atom is 0.264 e. The molecule has 1 rings (SSSR count). The molecule has 0 aliphatic carbocycles. The molecule has 0 aliphatic heterocycles. The quantitative estimate of drug-likeness (QED) is 0.720. The number of carbonyl (C=O) groups excluding carboxylic acids is 1. The van der Waals surface area contributed by atoms with Crippen molar-refractivity contribution in [2.45, 2.75) is 13.3 Å². The molecule has 1 N–H and O–H groups in total. The average Bonchev–Trinajstić information content (AvgIpc) is 2.03. The van der Waals surface area contributed by atoms with E-state index in [1.807, 2.05) is 0 Å². The topological polar surface area (TPSA) is 37.3 Å². The van der Waals surface area contributed by atoms with Crippen molar-refractivity contribution >= 4 is 5.78 Å². The van der Waals surface area contributed by atoms with Gasteiger partial charge in [-0.1, -0.05) is 0 Å². The van der Waals surface area contributed by atoms with Crippen molar-refractivity contribution in [3.8, 4) is 5.75 Å². The highest BCUT2D eigenvalue weighted by atomic mass is 19.3. The zero-order chi connectivity index (χ0) is 10.0. The summed E-state index contributed by atoms with van der Waals surface area (Å²) in [6.07, 6.45) is -2.68. The third-order valence-electron chi connectivity index (χ3n) is 1.60. The molecule has 70 valence electrons. The van der Waals surface area contributed by atoms with Crippen LogP contribution in [0.25, 0.3) is 0 Å². The Labute approximate surface area is 73.8 Å². The maximum absolute atomic E-state index is 12.2. The molecular formula is C9H8F2O2. The number of halogens is 2. The van der Waals surface area contributed by atoms with Crippen molar-refractivity contribution in [2.24, 2.45) is 0 Å². The Hall–Kier alpha value is -1.45. The van der Waals surface area contributed by atoms with Gasteiger partial charge in [-0.05, 0) is 25.1 Å². The van der Waals surface area contributed by atoms with Crippen molar-refractivity contribution in [1.82, 2.24) is 0 Å². The van der Waals surface area contributed by atoms with E-state index in [2.05, 4.69) is 0 Å². The van der Waals surface area contributed by atoms with Gasteiger partial charge >= 0.3 is 0 Å². The highest BCUT2D eigenvalue weighted by Crippen LogP contribution is 2.24. The molecule has 0 amide bonds. The number of benzene rings is 1. The molecule has 0 saturated heterocycles. The summed E-state index contributed by atoms with van der Waals surface area (Å²) in [5.74, 6) is -0.666. The second kappa shape index (κ2) is 3.51. The molecule has 0 aliphatic rings. The Balaban J connectivity index is 3.19. The molecule has 0 aromatic heterocycles. The van der Waals surface area contributed by atoms with Crippen LogP contribution in [0.1, 0.15) is 29.3 Å². The van der Waals surface area contributed by atoms with Gasteiger partial charge in [-0.2, -0.15) is 0 Å². The molecule has 0 saturated carbocycles. The standard InChI is InChI=1S/C9H8F2O2/c1-5(12)6-2-7(9(10)11)4-8(13)3-6/h2-4,9,13H,1H3. The molecule has 4 heteroatoms. The first-order chi connectivity index (χ1) is 6.00. The molecule has 0 spiro atoms. The van der Waals surface area contributed by atoms with E-state index in [0.29, 0.717) is 0 Å². The molecule has 0 unspecified atom stereocenters. The normalized spacial score (nSPS) is 10.5. The van der Waals surface area contributed by atoms with Crippen molar-refractivity contribution in [3.63, 3.8) is 0 Å². The average molecular weight is 186 g/mol. The fourth-order valence-corrected chi connectivity index (χ4v) is 0.964. The van der Waals surface area contributed by atoms with Gasteiger partial charge < -0.3 is 5.11 Å². The van der Waals surface area contributed by atoms with Crippen LogP contribution in [0.4, 0.5) is 8.78 Å². The van der Waals surface area contributed by atoms with Crippen LogP contribution in [-0.4, -0.2) is 10.9 Å². The summed E-state index contributed by atoms with van der Waals surface area (Å²) < 4.78 is 24.3. The number of hydrogen-bond acceptors (Lipinski definition) is 2. The Morgan fingerprint density at radius 1 is 1.38 bits per heavy atom. The van der Waals surface area contributed by atoms with Gasteiger partial charge in [0.25, 0.3) is 6.43 Å². The van der Waals surface area contributed by atoms with E-state index in [4.69, 9.17) is 5.11 Å². The van der Waals surface area contributed by atoms with Crippen LogP contribution in [0, 0.1) is 0 Å². The van der Waals surface area contributed by atoms with E-state index in [9.17, 15) is 13.6 Å². The lowest BCUT2D eigenvalue weighted by atomic mass is 10.1. The third kappa shape index (κ3) is 2.24. The second-order valence-electron chi connectivity index (χ2n) is 2.67. The van der Waals surface area contributed by atoms with E-state index in [-0.39, 0.29) is 22.7 Å². The van der Waals surface area contributed by atoms with E-state index in [1.165, 1.54) is 6.92 Å². The first-order valence-electron chi connectivity index (χ1n) is 3.63. The van der Waals surface area contributed by atoms with Crippen molar-refractivity contribution < 1.29 is 18.7 Å². The Kier molecular flexibility index (Phi) is 2.60. The van der Waals surface area contributed by atoms with Gasteiger partial charge in [0.2, 0.25) is 0 Å². The third-order valence-corrected chi connectivity index (χ3v) is 1.60. The molecular weight excluding hydrogens is 178 g/mol. The molecule has 0 radical (unpaired) electrons. The van der Waals surface area contributed by atoms with Crippen LogP contribution in [0.2, 0.25) is 0 Å². The fraction of sp³-hybridized carbons (Fsp3) is 0.222. The summed E-state index contributed by atoms with van der Waals surface area (Å²) in [4.78, 5) is 10.8. The lowest BCUT2D eigenvalue weighted by molar-refractivity contribution is 0.101. The first kappa shape index (κ1) is 9.64. The Morgan fingerprint density at radius 2 is 2.00 bits per heavy atom. The summed E-state index contributed by atoms with van der Waals surface area (Å²) in [7, 11) is 0. The molecule has 2 nitrogen and oxygen atoms in total. The summed E-state index contributed by atoms with van der Waals surface area (Å²) in [6, 6.07) is 3.18. The molecule has 1 aromatic rings. The minimum atomic E-state index is -2.68. The van der Waals surface area contributed by atoms with Gasteiger partial charge in [-0.15, -0.1) is 0 Å². The fourth-order valence-electron chi connectivity index (χ4n) is 0.964. The number of ketones is 1. The number of carbonyl (C=O) groups is 1. The number of aromatic hydroxyl groups is 1. The zero-order valence-corrected chi connectivity index (χ0v) is 6.92. The SMILES string of the molecule is CC(=O)c1cc(O)cc(C(F)F)c1. The van der Waals surface area contributed by atoms with Gasteiger partial charge in [0.15, 0.2) is 5.78 Å². The zero-order valence-electron chi connectivity index (χ0n) is 6.92. The van der Waals surface area contributed by atoms with E-state index >= 15 is 0 Å². The predicted molar refractivity (Wildman–Crippen MR) is 43.1 cm³/mol. The molecule has 0 heterocycles.